The van der Waals surface area contributed by atoms with Gasteiger partial charge in [-0.3, -0.25) is 4.98 Å². The molecular weight excluding hydrogens is 308 g/mol. The van der Waals surface area contributed by atoms with Crippen LogP contribution in [0.25, 0.3) is 11.3 Å². The summed E-state index contributed by atoms with van der Waals surface area (Å²) in [5, 5.41) is 12.2. The van der Waals surface area contributed by atoms with E-state index in [4.69, 9.17) is 10.1 Å². The van der Waals surface area contributed by atoms with Crippen LogP contribution in [0.2, 0.25) is 0 Å². The van der Waals surface area contributed by atoms with E-state index in [9.17, 15) is 4.79 Å². The van der Waals surface area contributed by atoms with Gasteiger partial charge < -0.3 is 5.11 Å². The highest BCUT2D eigenvalue weighted by Crippen LogP contribution is 2.54. The van der Waals surface area contributed by atoms with Gasteiger partial charge in [0, 0.05) is 28.8 Å². The van der Waals surface area contributed by atoms with Crippen molar-refractivity contribution in [3.63, 3.8) is 0 Å². The minimum atomic E-state index is -0.894. The van der Waals surface area contributed by atoms with Gasteiger partial charge in [0.2, 0.25) is 0 Å². The van der Waals surface area contributed by atoms with E-state index >= 15 is 0 Å². The molecule has 1 N–H and O–H groups in total. The molecule has 1 aromatic carbocycles. The molecule has 4 nitrogen and oxygen atoms in total. The Morgan fingerprint density at radius 1 is 1.17 bits per heavy atom. The zero-order chi connectivity index (χ0) is 15.9. The maximum Gasteiger partial charge on any atom is 0.335 e. The van der Waals surface area contributed by atoms with Crippen molar-refractivity contribution in [2.75, 3.05) is 0 Å². The molecule has 1 fully saturated rings. The van der Waals surface area contributed by atoms with Gasteiger partial charge in [0.1, 0.15) is 5.01 Å². The SMILES string of the molecule is O=C(O)c1ccc(C2(c3nc(-c4cccnc4)cs3)CC2)cc1. The molecule has 4 rings (SSSR count). The van der Waals surface area contributed by atoms with Gasteiger partial charge in [0.05, 0.1) is 11.3 Å². The van der Waals surface area contributed by atoms with Crippen LogP contribution in [0, 0.1) is 0 Å². The van der Waals surface area contributed by atoms with Crippen LogP contribution in [-0.4, -0.2) is 21.0 Å². The van der Waals surface area contributed by atoms with Gasteiger partial charge in [0.15, 0.2) is 0 Å². The molecule has 0 amide bonds. The summed E-state index contributed by atoms with van der Waals surface area (Å²) in [6, 6.07) is 11.1. The number of thiazole rings is 1. The molecule has 114 valence electrons. The molecule has 0 spiro atoms. The lowest BCUT2D eigenvalue weighted by Crippen LogP contribution is -2.09. The first-order valence-corrected chi connectivity index (χ1v) is 8.27. The molecular formula is C18H14N2O2S. The van der Waals surface area contributed by atoms with Gasteiger partial charge in [-0.2, -0.15) is 0 Å². The quantitative estimate of drug-likeness (QED) is 0.789. The van der Waals surface area contributed by atoms with Crippen LogP contribution in [0.4, 0.5) is 0 Å². The third kappa shape index (κ3) is 2.43. The average Bonchev–Trinajstić information content (AvgIpc) is 3.25. The number of hydrogen-bond acceptors (Lipinski definition) is 4. The van der Waals surface area contributed by atoms with Gasteiger partial charge in [-0.1, -0.05) is 12.1 Å². The van der Waals surface area contributed by atoms with Crippen LogP contribution in [0.15, 0.2) is 54.2 Å². The molecule has 2 heterocycles. The van der Waals surface area contributed by atoms with E-state index < -0.39 is 5.97 Å². The molecule has 1 aliphatic rings. The van der Waals surface area contributed by atoms with Crippen LogP contribution in [0.5, 0.6) is 0 Å². The van der Waals surface area contributed by atoms with E-state index in [-0.39, 0.29) is 5.41 Å². The Hall–Kier alpha value is -2.53. The number of rotatable bonds is 4. The van der Waals surface area contributed by atoms with Crippen LogP contribution >= 0.6 is 11.3 Å². The molecule has 0 radical (unpaired) electrons. The first kappa shape index (κ1) is 14.1. The first-order valence-electron chi connectivity index (χ1n) is 7.39. The first-order chi connectivity index (χ1) is 11.2. The van der Waals surface area contributed by atoms with E-state index in [2.05, 4.69) is 10.4 Å². The summed E-state index contributed by atoms with van der Waals surface area (Å²) >= 11 is 1.66. The van der Waals surface area contributed by atoms with Crippen LogP contribution in [0.3, 0.4) is 0 Å². The minimum absolute atomic E-state index is 0.0395. The fourth-order valence-corrected chi connectivity index (χ4v) is 3.93. The summed E-state index contributed by atoms with van der Waals surface area (Å²) in [7, 11) is 0. The fraction of sp³-hybridized carbons (Fsp3) is 0.167. The summed E-state index contributed by atoms with van der Waals surface area (Å²) < 4.78 is 0. The zero-order valence-electron chi connectivity index (χ0n) is 12.3. The normalized spacial score (nSPS) is 15.3. The topological polar surface area (TPSA) is 63.1 Å². The highest BCUT2D eigenvalue weighted by molar-refractivity contribution is 7.10. The van der Waals surface area contributed by atoms with Crippen LogP contribution in [0.1, 0.15) is 33.8 Å². The van der Waals surface area contributed by atoms with Gasteiger partial charge in [0.25, 0.3) is 0 Å². The summed E-state index contributed by atoms with van der Waals surface area (Å²) in [4.78, 5) is 19.9. The van der Waals surface area contributed by atoms with E-state index in [0.29, 0.717) is 5.56 Å². The maximum absolute atomic E-state index is 11.0. The minimum Gasteiger partial charge on any atom is -0.478 e. The van der Waals surface area contributed by atoms with Crippen LogP contribution < -0.4 is 0 Å². The molecule has 5 heteroatoms. The monoisotopic (exact) mass is 322 g/mol. The lowest BCUT2D eigenvalue weighted by molar-refractivity contribution is 0.0697. The predicted octanol–water partition coefficient (Wildman–Crippen LogP) is 3.98. The lowest BCUT2D eigenvalue weighted by Gasteiger charge is -2.12. The van der Waals surface area contributed by atoms with Crippen molar-refractivity contribution in [1.82, 2.24) is 9.97 Å². The van der Waals surface area contributed by atoms with Crippen molar-refractivity contribution in [2.45, 2.75) is 18.3 Å². The molecule has 0 aliphatic heterocycles. The molecule has 0 saturated heterocycles. The Kier molecular flexibility index (Phi) is 3.23. The van der Waals surface area contributed by atoms with Gasteiger partial charge in [-0.25, -0.2) is 9.78 Å². The molecule has 1 saturated carbocycles. The molecule has 1 aliphatic carbocycles. The number of hydrogen-bond donors (Lipinski definition) is 1. The number of aromatic carboxylic acids is 1. The standard InChI is InChI=1S/C18H14N2O2S/c21-16(22)12-3-5-14(6-4-12)18(7-8-18)17-20-15(11-23-17)13-2-1-9-19-10-13/h1-6,9-11H,7-8H2,(H,21,22). The largest absolute Gasteiger partial charge is 0.478 e. The van der Waals surface area contributed by atoms with Gasteiger partial charge >= 0.3 is 5.97 Å². The van der Waals surface area contributed by atoms with Crippen molar-refractivity contribution < 1.29 is 9.90 Å². The van der Waals surface area contributed by atoms with E-state index in [1.807, 2.05) is 30.5 Å². The summed E-state index contributed by atoms with van der Waals surface area (Å²) in [5.74, 6) is -0.894. The molecule has 23 heavy (non-hydrogen) atoms. The molecule has 0 bridgehead atoms. The number of carboxylic acid groups (broad SMARTS) is 1. The van der Waals surface area contributed by atoms with E-state index in [0.717, 1.165) is 34.7 Å². The van der Waals surface area contributed by atoms with Gasteiger partial charge in [-0.15, -0.1) is 11.3 Å². The van der Waals surface area contributed by atoms with E-state index in [1.54, 1.807) is 29.7 Å². The van der Waals surface area contributed by atoms with Crippen molar-refractivity contribution in [1.29, 1.82) is 0 Å². The van der Waals surface area contributed by atoms with Crippen LogP contribution in [-0.2, 0) is 5.41 Å². The third-order valence-electron chi connectivity index (χ3n) is 4.31. The number of aromatic nitrogens is 2. The number of pyridine rings is 1. The highest BCUT2D eigenvalue weighted by atomic mass is 32.1. The molecule has 2 aromatic heterocycles. The second-order valence-electron chi connectivity index (χ2n) is 5.74. The van der Waals surface area contributed by atoms with Crippen molar-refractivity contribution in [3.8, 4) is 11.3 Å². The smallest absolute Gasteiger partial charge is 0.335 e. The Morgan fingerprint density at radius 3 is 2.57 bits per heavy atom. The lowest BCUT2D eigenvalue weighted by atomic mass is 9.95. The van der Waals surface area contributed by atoms with Crippen molar-refractivity contribution >= 4 is 17.3 Å². The number of carbonyl (C=O) groups is 1. The van der Waals surface area contributed by atoms with Crippen molar-refractivity contribution in [3.05, 3.63) is 70.3 Å². The average molecular weight is 322 g/mol. The Bertz CT molecular complexity index is 852. The number of benzene rings is 1. The predicted molar refractivity (Wildman–Crippen MR) is 88.8 cm³/mol. The summed E-state index contributed by atoms with van der Waals surface area (Å²) in [6.45, 7) is 0. The summed E-state index contributed by atoms with van der Waals surface area (Å²) in [6.07, 6.45) is 5.68. The maximum atomic E-state index is 11.0. The number of nitrogens with zero attached hydrogens (tertiary/aromatic N) is 2. The van der Waals surface area contributed by atoms with E-state index in [1.165, 1.54) is 0 Å². The highest BCUT2D eigenvalue weighted by Gasteiger charge is 2.48. The molecule has 3 aromatic rings. The Labute approximate surface area is 137 Å². The zero-order valence-corrected chi connectivity index (χ0v) is 13.1. The Morgan fingerprint density at radius 2 is 1.96 bits per heavy atom. The van der Waals surface area contributed by atoms with Crippen molar-refractivity contribution in [2.24, 2.45) is 0 Å². The fourth-order valence-electron chi connectivity index (χ4n) is 2.82. The molecule has 0 unspecified atom stereocenters. The van der Waals surface area contributed by atoms with Gasteiger partial charge in [-0.05, 0) is 42.7 Å². The number of carboxylic acids is 1. The molecule has 0 atom stereocenters. The third-order valence-corrected chi connectivity index (χ3v) is 5.35. The summed E-state index contributed by atoms with van der Waals surface area (Å²) in [5.41, 5.74) is 3.40. The Balaban J connectivity index is 1.67. The second-order valence-corrected chi connectivity index (χ2v) is 6.60. The second kappa shape index (κ2) is 5.28.